The van der Waals surface area contributed by atoms with E-state index < -0.39 is 29.4 Å². The molecule has 11 nitrogen and oxygen atoms in total. The van der Waals surface area contributed by atoms with Gasteiger partial charge >= 0.3 is 12.2 Å². The maximum Gasteiger partial charge on any atom is 0.411 e. The average Bonchev–Trinajstić information content (AvgIpc) is 2.98. The number of carbonyl (C=O) groups excluding carboxylic acids is 4. The van der Waals surface area contributed by atoms with Crippen LogP contribution in [0, 0.1) is 0 Å². The number of anilines is 1. The second-order valence-electron chi connectivity index (χ2n) is 14.4. The lowest BCUT2D eigenvalue weighted by Gasteiger charge is -2.42. The van der Waals surface area contributed by atoms with Crippen LogP contribution >= 0.6 is 0 Å². The van der Waals surface area contributed by atoms with Crippen molar-refractivity contribution in [2.75, 3.05) is 44.2 Å². The summed E-state index contributed by atoms with van der Waals surface area (Å²) in [5, 5.41) is 3.04. The summed E-state index contributed by atoms with van der Waals surface area (Å²) in [6.45, 7) is 16.0. The van der Waals surface area contributed by atoms with Crippen molar-refractivity contribution in [3.8, 4) is 0 Å². The molecule has 2 aliphatic rings. The van der Waals surface area contributed by atoms with E-state index >= 15 is 0 Å². The van der Waals surface area contributed by atoms with Crippen molar-refractivity contribution in [3.63, 3.8) is 0 Å². The van der Waals surface area contributed by atoms with Gasteiger partial charge in [-0.2, -0.15) is 0 Å². The number of nitrogens with one attached hydrogen (secondary N) is 1. The minimum absolute atomic E-state index is 0.169. The lowest BCUT2D eigenvalue weighted by atomic mass is 9.95. The van der Waals surface area contributed by atoms with Crippen molar-refractivity contribution in [1.82, 2.24) is 20.0 Å². The van der Waals surface area contributed by atoms with Crippen molar-refractivity contribution >= 4 is 29.7 Å². The Labute approximate surface area is 279 Å². The SMILES string of the molecule is CC(=O)N[C@@H](Cc1cccc(N2CCN(C(=O)OC(C)(C)C)CC2)c1)C[C@H]1C(=O)N(Cc2ccccc2)CCN1C(=O)OC(C)(C)C. The molecule has 2 heterocycles. The van der Waals surface area contributed by atoms with Crippen molar-refractivity contribution in [3.05, 3.63) is 65.7 Å². The molecule has 2 atom stereocenters. The molecule has 2 saturated heterocycles. The molecule has 1 N–H and O–H groups in total. The number of hydrogen-bond acceptors (Lipinski definition) is 7. The molecule has 2 aromatic carbocycles. The first-order valence-corrected chi connectivity index (χ1v) is 16.5. The number of amides is 4. The highest BCUT2D eigenvalue weighted by Gasteiger charge is 2.40. The van der Waals surface area contributed by atoms with Crippen LogP contribution in [0.15, 0.2) is 54.6 Å². The third-order valence-electron chi connectivity index (χ3n) is 8.03. The number of carbonyl (C=O) groups is 4. The molecule has 0 unspecified atom stereocenters. The summed E-state index contributed by atoms with van der Waals surface area (Å²) in [4.78, 5) is 59.6. The van der Waals surface area contributed by atoms with Gasteiger partial charge in [0.15, 0.2) is 0 Å². The summed E-state index contributed by atoms with van der Waals surface area (Å²) in [5.74, 6) is -0.379. The Bertz CT molecular complexity index is 1390. The van der Waals surface area contributed by atoms with Crippen LogP contribution in [0.1, 0.15) is 66.0 Å². The molecule has 0 aliphatic carbocycles. The zero-order valence-electron chi connectivity index (χ0n) is 29.0. The van der Waals surface area contributed by atoms with Crippen LogP contribution in [-0.2, 0) is 32.0 Å². The Kier molecular flexibility index (Phi) is 11.4. The number of piperazine rings is 2. The van der Waals surface area contributed by atoms with Gasteiger partial charge < -0.3 is 29.5 Å². The minimum Gasteiger partial charge on any atom is -0.444 e. The lowest BCUT2D eigenvalue weighted by molar-refractivity contribution is -0.143. The van der Waals surface area contributed by atoms with Crippen LogP contribution in [0.5, 0.6) is 0 Å². The number of ether oxygens (including phenoxy) is 2. The van der Waals surface area contributed by atoms with Crippen LogP contribution in [0.4, 0.5) is 15.3 Å². The second-order valence-corrected chi connectivity index (χ2v) is 14.4. The maximum absolute atomic E-state index is 14.0. The van der Waals surface area contributed by atoms with E-state index in [1.807, 2.05) is 69.3 Å². The van der Waals surface area contributed by atoms with Gasteiger partial charge in [-0.25, -0.2) is 9.59 Å². The fourth-order valence-electron chi connectivity index (χ4n) is 5.96. The number of hydrogen-bond donors (Lipinski definition) is 1. The van der Waals surface area contributed by atoms with Gasteiger partial charge in [-0.15, -0.1) is 0 Å². The van der Waals surface area contributed by atoms with Crippen molar-refractivity contribution in [2.45, 2.75) is 91.1 Å². The van der Waals surface area contributed by atoms with Gasteiger partial charge in [0.2, 0.25) is 11.8 Å². The zero-order chi connectivity index (χ0) is 34.4. The van der Waals surface area contributed by atoms with Crippen LogP contribution in [0.25, 0.3) is 0 Å². The predicted octanol–water partition coefficient (Wildman–Crippen LogP) is 4.83. The molecular weight excluding hydrogens is 598 g/mol. The van der Waals surface area contributed by atoms with E-state index in [2.05, 4.69) is 16.3 Å². The number of rotatable bonds is 8. The summed E-state index contributed by atoms with van der Waals surface area (Å²) in [6.07, 6.45) is -0.133. The third-order valence-corrected chi connectivity index (χ3v) is 8.03. The van der Waals surface area contributed by atoms with E-state index in [-0.39, 0.29) is 24.3 Å². The highest BCUT2D eigenvalue weighted by Crippen LogP contribution is 2.25. The van der Waals surface area contributed by atoms with Crippen molar-refractivity contribution < 1.29 is 28.7 Å². The summed E-state index contributed by atoms with van der Waals surface area (Å²) < 4.78 is 11.2. The van der Waals surface area contributed by atoms with E-state index in [0.717, 1.165) is 16.8 Å². The van der Waals surface area contributed by atoms with E-state index in [0.29, 0.717) is 52.2 Å². The maximum atomic E-state index is 14.0. The zero-order valence-corrected chi connectivity index (χ0v) is 29.0. The van der Waals surface area contributed by atoms with Gasteiger partial charge in [0.1, 0.15) is 17.2 Å². The molecule has 4 amide bonds. The predicted molar refractivity (Wildman–Crippen MR) is 181 cm³/mol. The first-order valence-electron chi connectivity index (χ1n) is 16.5. The van der Waals surface area contributed by atoms with Gasteiger partial charge in [0.05, 0.1) is 0 Å². The van der Waals surface area contributed by atoms with Crippen LogP contribution in [-0.4, -0.2) is 101 Å². The van der Waals surface area contributed by atoms with Crippen molar-refractivity contribution in [2.24, 2.45) is 0 Å². The first kappa shape index (κ1) is 35.6. The Morgan fingerprint density at radius 3 is 2.04 bits per heavy atom. The normalized spacial score (nSPS) is 18.1. The Balaban J connectivity index is 1.50. The van der Waals surface area contributed by atoms with Gasteiger partial charge in [-0.1, -0.05) is 42.5 Å². The molecule has 2 aliphatic heterocycles. The highest BCUT2D eigenvalue weighted by molar-refractivity contribution is 5.87. The van der Waals surface area contributed by atoms with Gasteiger partial charge in [-0.05, 0) is 77.6 Å². The molecule has 0 aromatic heterocycles. The molecule has 256 valence electrons. The quantitative estimate of drug-likeness (QED) is 0.436. The summed E-state index contributed by atoms with van der Waals surface area (Å²) >= 11 is 0. The van der Waals surface area contributed by atoms with Crippen LogP contribution in [0.3, 0.4) is 0 Å². The van der Waals surface area contributed by atoms with Crippen LogP contribution in [0.2, 0.25) is 0 Å². The van der Waals surface area contributed by atoms with E-state index in [9.17, 15) is 19.2 Å². The number of benzene rings is 2. The Morgan fingerprint density at radius 1 is 0.809 bits per heavy atom. The minimum atomic E-state index is -0.803. The largest absolute Gasteiger partial charge is 0.444 e. The van der Waals surface area contributed by atoms with E-state index in [1.165, 1.54) is 11.8 Å². The highest BCUT2D eigenvalue weighted by atomic mass is 16.6. The molecule has 0 radical (unpaired) electrons. The smallest absolute Gasteiger partial charge is 0.411 e. The molecule has 4 rings (SSSR count). The van der Waals surface area contributed by atoms with Crippen molar-refractivity contribution in [1.29, 1.82) is 0 Å². The molecule has 2 aromatic rings. The second kappa shape index (κ2) is 15.1. The van der Waals surface area contributed by atoms with Gasteiger partial charge in [0.25, 0.3) is 0 Å². The summed E-state index contributed by atoms with van der Waals surface area (Å²) in [7, 11) is 0. The Hall–Kier alpha value is -4.28. The molecule has 0 saturated carbocycles. The summed E-state index contributed by atoms with van der Waals surface area (Å²) in [6, 6.07) is 16.7. The molecule has 2 fully saturated rings. The van der Waals surface area contributed by atoms with Crippen LogP contribution < -0.4 is 10.2 Å². The molecule has 0 spiro atoms. The lowest BCUT2D eigenvalue weighted by Crippen LogP contribution is -2.60. The fourth-order valence-corrected chi connectivity index (χ4v) is 5.96. The fraction of sp³-hybridized carbons (Fsp3) is 0.556. The van der Waals surface area contributed by atoms with Gasteiger partial charge in [-0.3, -0.25) is 14.5 Å². The molecule has 11 heteroatoms. The molecular formula is C36H51N5O6. The topological polar surface area (TPSA) is 112 Å². The standard InChI is InChI=1S/C36H51N5O6/c1-26(42)37-29(22-28-14-11-15-30(23-28)38-16-18-39(19-17-38)33(44)46-35(2,3)4)24-31-32(43)40(25-27-12-9-8-10-13-27)20-21-41(31)34(45)47-36(5,6)7/h8-15,23,29,31H,16-22,24-25H2,1-7H3,(H,37,42)/t29-,31-/m0/s1. The average molecular weight is 650 g/mol. The molecule has 47 heavy (non-hydrogen) atoms. The van der Waals surface area contributed by atoms with E-state index in [4.69, 9.17) is 9.47 Å². The molecule has 0 bridgehead atoms. The first-order chi connectivity index (χ1) is 22.1. The Morgan fingerprint density at radius 2 is 1.43 bits per heavy atom. The van der Waals surface area contributed by atoms with E-state index in [1.54, 1.807) is 30.6 Å². The summed E-state index contributed by atoms with van der Waals surface area (Å²) in [5.41, 5.74) is 1.75. The number of nitrogens with zero attached hydrogens (tertiary/aromatic N) is 4. The van der Waals surface area contributed by atoms with Gasteiger partial charge in [0, 0.05) is 64.5 Å². The monoisotopic (exact) mass is 649 g/mol. The third kappa shape index (κ3) is 10.6.